The SMILES string of the molecule is CCNC(=NCCCOc1c(C)cccc1C)NCCc1ccc(S(C)(=O)=O)cc1. The first kappa shape index (κ1) is 23.7. The Balaban J connectivity index is 1.77. The quantitative estimate of drug-likeness (QED) is 0.343. The minimum absolute atomic E-state index is 0.345. The Kier molecular flexibility index (Phi) is 9.17. The Hall–Kier alpha value is -2.54. The first-order valence-electron chi connectivity index (χ1n) is 10.3. The van der Waals surface area contributed by atoms with Gasteiger partial charge in [0.1, 0.15) is 5.75 Å². The number of benzene rings is 2. The van der Waals surface area contributed by atoms with Crippen molar-refractivity contribution >= 4 is 15.8 Å². The summed E-state index contributed by atoms with van der Waals surface area (Å²) in [7, 11) is -3.15. The number of rotatable bonds is 10. The van der Waals surface area contributed by atoms with Crippen molar-refractivity contribution in [3.8, 4) is 5.75 Å². The van der Waals surface area contributed by atoms with E-state index in [9.17, 15) is 8.42 Å². The molecule has 0 aliphatic heterocycles. The fourth-order valence-electron chi connectivity index (χ4n) is 3.03. The molecule has 0 saturated heterocycles. The van der Waals surface area contributed by atoms with Crippen LogP contribution in [0.2, 0.25) is 0 Å². The van der Waals surface area contributed by atoms with Gasteiger partial charge < -0.3 is 15.4 Å². The topological polar surface area (TPSA) is 79.8 Å². The predicted molar refractivity (Wildman–Crippen MR) is 123 cm³/mol. The largest absolute Gasteiger partial charge is 0.493 e. The van der Waals surface area contributed by atoms with E-state index in [1.807, 2.05) is 25.1 Å². The lowest BCUT2D eigenvalue weighted by Crippen LogP contribution is -2.38. The molecule has 2 aromatic carbocycles. The van der Waals surface area contributed by atoms with E-state index in [-0.39, 0.29) is 0 Å². The van der Waals surface area contributed by atoms with Gasteiger partial charge in [0.05, 0.1) is 11.5 Å². The van der Waals surface area contributed by atoms with E-state index in [0.29, 0.717) is 24.6 Å². The number of aryl methyl sites for hydroxylation is 2. The van der Waals surface area contributed by atoms with Gasteiger partial charge >= 0.3 is 0 Å². The Morgan fingerprint density at radius 2 is 1.70 bits per heavy atom. The number of sulfone groups is 1. The third-order valence-electron chi connectivity index (χ3n) is 4.63. The van der Waals surface area contributed by atoms with Crippen LogP contribution in [-0.2, 0) is 16.3 Å². The second kappa shape index (κ2) is 11.6. The maximum Gasteiger partial charge on any atom is 0.191 e. The van der Waals surface area contributed by atoms with Crippen LogP contribution >= 0.6 is 0 Å². The summed E-state index contributed by atoms with van der Waals surface area (Å²) >= 11 is 0. The van der Waals surface area contributed by atoms with Gasteiger partial charge in [-0.3, -0.25) is 4.99 Å². The molecule has 0 unspecified atom stereocenters. The molecule has 0 saturated carbocycles. The van der Waals surface area contributed by atoms with E-state index >= 15 is 0 Å². The number of aliphatic imine (C=N–C) groups is 1. The van der Waals surface area contributed by atoms with Crippen molar-refractivity contribution in [1.82, 2.24) is 10.6 Å². The molecule has 0 aliphatic carbocycles. The lowest BCUT2D eigenvalue weighted by atomic mass is 10.1. The average Bonchev–Trinajstić information content (AvgIpc) is 2.69. The number of guanidine groups is 1. The molecule has 0 amide bonds. The summed E-state index contributed by atoms with van der Waals surface area (Å²) in [6.07, 6.45) is 2.83. The van der Waals surface area contributed by atoms with Crippen molar-refractivity contribution < 1.29 is 13.2 Å². The second-order valence-electron chi connectivity index (χ2n) is 7.28. The highest BCUT2D eigenvalue weighted by Gasteiger charge is 2.06. The molecule has 0 aromatic heterocycles. The molecule has 2 rings (SSSR count). The average molecular weight is 432 g/mol. The van der Waals surface area contributed by atoms with Crippen molar-refractivity contribution in [1.29, 1.82) is 0 Å². The highest BCUT2D eigenvalue weighted by Crippen LogP contribution is 2.22. The summed E-state index contributed by atoms with van der Waals surface area (Å²) in [5.74, 6) is 1.74. The van der Waals surface area contributed by atoms with Gasteiger partial charge in [-0.05, 0) is 56.0 Å². The fraction of sp³-hybridized carbons (Fsp3) is 0.435. The Morgan fingerprint density at radius 1 is 1.03 bits per heavy atom. The van der Waals surface area contributed by atoms with Crippen molar-refractivity contribution in [3.05, 3.63) is 59.2 Å². The summed E-state index contributed by atoms with van der Waals surface area (Å²) in [6.45, 7) is 8.94. The lowest BCUT2D eigenvalue weighted by molar-refractivity contribution is 0.309. The maximum atomic E-state index is 11.5. The summed E-state index contributed by atoms with van der Waals surface area (Å²) in [6, 6.07) is 13.2. The van der Waals surface area contributed by atoms with Gasteiger partial charge in [0.15, 0.2) is 15.8 Å². The van der Waals surface area contributed by atoms with E-state index in [2.05, 4.69) is 41.6 Å². The number of hydrogen-bond donors (Lipinski definition) is 2. The van der Waals surface area contributed by atoms with Crippen molar-refractivity contribution in [2.45, 2.75) is 38.5 Å². The van der Waals surface area contributed by atoms with E-state index < -0.39 is 9.84 Å². The number of nitrogens with one attached hydrogen (secondary N) is 2. The molecule has 7 heteroatoms. The maximum absolute atomic E-state index is 11.5. The Labute approximate surface area is 180 Å². The normalized spacial score (nSPS) is 11.9. The Morgan fingerprint density at radius 3 is 2.30 bits per heavy atom. The number of nitrogens with zero attached hydrogens (tertiary/aromatic N) is 1. The van der Waals surface area contributed by atoms with Crippen LogP contribution in [0.3, 0.4) is 0 Å². The van der Waals surface area contributed by atoms with Gasteiger partial charge in [-0.25, -0.2) is 8.42 Å². The Bertz CT molecular complexity index is 918. The fourth-order valence-corrected chi connectivity index (χ4v) is 3.66. The molecule has 0 fully saturated rings. The molecule has 0 bridgehead atoms. The third-order valence-corrected chi connectivity index (χ3v) is 5.76. The van der Waals surface area contributed by atoms with E-state index in [0.717, 1.165) is 47.8 Å². The van der Waals surface area contributed by atoms with Crippen LogP contribution < -0.4 is 15.4 Å². The molecule has 164 valence electrons. The monoisotopic (exact) mass is 431 g/mol. The molecule has 0 radical (unpaired) electrons. The highest BCUT2D eigenvalue weighted by atomic mass is 32.2. The zero-order valence-corrected chi connectivity index (χ0v) is 19.2. The summed E-state index contributed by atoms with van der Waals surface area (Å²) in [5.41, 5.74) is 3.38. The van der Waals surface area contributed by atoms with Crippen LogP contribution in [0.4, 0.5) is 0 Å². The summed E-state index contributed by atoms with van der Waals surface area (Å²) in [5, 5.41) is 6.56. The minimum Gasteiger partial charge on any atom is -0.493 e. The predicted octanol–water partition coefficient (Wildman–Crippen LogP) is 3.27. The molecule has 6 nitrogen and oxygen atoms in total. The zero-order chi connectivity index (χ0) is 22.0. The van der Waals surface area contributed by atoms with Gasteiger partial charge in [0.25, 0.3) is 0 Å². The molecule has 2 aromatic rings. The summed E-state index contributed by atoms with van der Waals surface area (Å²) in [4.78, 5) is 4.95. The van der Waals surface area contributed by atoms with Gasteiger partial charge in [-0.2, -0.15) is 0 Å². The molecular formula is C23H33N3O3S. The van der Waals surface area contributed by atoms with Crippen molar-refractivity contribution in [3.63, 3.8) is 0 Å². The van der Waals surface area contributed by atoms with Crippen LogP contribution in [0.15, 0.2) is 52.4 Å². The van der Waals surface area contributed by atoms with Gasteiger partial charge in [-0.1, -0.05) is 30.3 Å². The third kappa shape index (κ3) is 7.71. The van der Waals surface area contributed by atoms with Gasteiger partial charge in [0.2, 0.25) is 0 Å². The number of ether oxygens (including phenoxy) is 1. The van der Waals surface area contributed by atoms with Gasteiger partial charge in [0, 0.05) is 32.3 Å². The van der Waals surface area contributed by atoms with Crippen LogP contribution in [-0.4, -0.2) is 46.9 Å². The first-order valence-corrected chi connectivity index (χ1v) is 12.2. The molecule has 2 N–H and O–H groups in total. The standard InChI is InChI=1S/C23H33N3O3S/c1-5-24-23(25-15-7-17-29-22-18(2)8-6-9-19(22)3)26-16-14-20-10-12-21(13-11-20)30(4,27)28/h6,8-13H,5,7,14-17H2,1-4H3,(H2,24,25,26). The van der Waals surface area contributed by atoms with Crippen LogP contribution in [0.25, 0.3) is 0 Å². The summed E-state index contributed by atoms with van der Waals surface area (Å²) < 4.78 is 29.0. The second-order valence-corrected chi connectivity index (χ2v) is 9.29. The molecular weight excluding hydrogens is 398 g/mol. The molecule has 0 aliphatic rings. The molecule has 0 heterocycles. The smallest absolute Gasteiger partial charge is 0.191 e. The highest BCUT2D eigenvalue weighted by molar-refractivity contribution is 7.90. The van der Waals surface area contributed by atoms with Gasteiger partial charge in [-0.15, -0.1) is 0 Å². The van der Waals surface area contributed by atoms with E-state index in [1.54, 1.807) is 12.1 Å². The molecule has 30 heavy (non-hydrogen) atoms. The first-order chi connectivity index (χ1) is 14.3. The van der Waals surface area contributed by atoms with Crippen molar-refractivity contribution in [2.75, 3.05) is 32.5 Å². The van der Waals surface area contributed by atoms with Crippen LogP contribution in [0, 0.1) is 13.8 Å². The zero-order valence-electron chi connectivity index (χ0n) is 18.4. The number of hydrogen-bond acceptors (Lipinski definition) is 4. The number of para-hydroxylation sites is 1. The van der Waals surface area contributed by atoms with Crippen molar-refractivity contribution in [2.24, 2.45) is 4.99 Å². The lowest BCUT2D eigenvalue weighted by Gasteiger charge is -2.13. The van der Waals surface area contributed by atoms with Crippen LogP contribution in [0.1, 0.15) is 30.0 Å². The minimum atomic E-state index is -3.15. The van der Waals surface area contributed by atoms with E-state index in [4.69, 9.17) is 4.74 Å². The molecule has 0 spiro atoms. The van der Waals surface area contributed by atoms with E-state index in [1.165, 1.54) is 6.26 Å². The molecule has 0 atom stereocenters. The van der Waals surface area contributed by atoms with Crippen LogP contribution in [0.5, 0.6) is 5.75 Å².